The third-order valence-corrected chi connectivity index (χ3v) is 4.75. The number of ether oxygens (including phenoxy) is 1. The molecule has 0 unspecified atom stereocenters. The Labute approximate surface area is 122 Å². The molecule has 0 spiro atoms. The first-order valence-electron chi connectivity index (χ1n) is 6.51. The van der Waals surface area contributed by atoms with Crippen molar-refractivity contribution in [2.24, 2.45) is 10.7 Å². The van der Waals surface area contributed by atoms with E-state index in [0.29, 0.717) is 5.17 Å². The van der Waals surface area contributed by atoms with Gasteiger partial charge in [-0.3, -0.25) is 0 Å². The summed E-state index contributed by atoms with van der Waals surface area (Å²) < 4.78 is 5.68. The number of rotatable bonds is 7. The molecule has 2 N–H and O–H groups in total. The van der Waals surface area contributed by atoms with Crippen molar-refractivity contribution < 1.29 is 4.74 Å². The van der Waals surface area contributed by atoms with E-state index < -0.39 is 0 Å². The van der Waals surface area contributed by atoms with E-state index in [1.165, 1.54) is 15.3 Å². The summed E-state index contributed by atoms with van der Waals surface area (Å²) in [6.45, 7) is 3.71. The van der Waals surface area contributed by atoms with Crippen LogP contribution in [0.2, 0.25) is 0 Å². The van der Waals surface area contributed by atoms with E-state index >= 15 is 0 Å². The van der Waals surface area contributed by atoms with E-state index in [1.54, 1.807) is 11.8 Å². The van der Waals surface area contributed by atoms with E-state index in [9.17, 15) is 0 Å². The predicted molar refractivity (Wildman–Crippen MR) is 84.7 cm³/mol. The molecule has 0 bridgehead atoms. The van der Waals surface area contributed by atoms with Crippen molar-refractivity contribution in [1.82, 2.24) is 0 Å². The number of aryl methyl sites for hydroxylation is 1. The Kier molecular flexibility index (Phi) is 5.94. The molecule has 0 aliphatic carbocycles. The average molecular weight is 296 g/mol. The maximum atomic E-state index is 5.68. The molecule has 104 valence electrons. The minimum absolute atomic E-state index is 0.679. The largest absolute Gasteiger partial charge is 0.378 e. The van der Waals surface area contributed by atoms with Crippen LogP contribution in [-0.4, -0.2) is 17.5 Å². The van der Waals surface area contributed by atoms with Crippen molar-refractivity contribution in [1.29, 1.82) is 0 Å². The molecule has 0 aromatic carbocycles. The summed E-state index contributed by atoms with van der Waals surface area (Å²) in [5, 5.41) is 0.679. The highest BCUT2D eigenvalue weighted by atomic mass is 32.2. The highest BCUT2D eigenvalue weighted by molar-refractivity contribution is 8.14. The van der Waals surface area contributed by atoms with Crippen LogP contribution >= 0.6 is 23.1 Å². The normalized spacial score (nSPS) is 15.2. The van der Waals surface area contributed by atoms with Crippen molar-refractivity contribution in [2.45, 2.75) is 32.8 Å². The first-order chi connectivity index (χ1) is 9.24. The zero-order valence-electron chi connectivity index (χ0n) is 11.2. The van der Waals surface area contributed by atoms with E-state index in [2.05, 4.69) is 24.0 Å². The Hall–Kier alpha value is -0.780. The highest BCUT2D eigenvalue weighted by Crippen LogP contribution is 2.19. The molecule has 5 heteroatoms. The van der Waals surface area contributed by atoms with Crippen LogP contribution in [-0.2, 0) is 11.3 Å². The smallest absolute Gasteiger partial charge is 0.158 e. The lowest BCUT2D eigenvalue weighted by Gasteiger charge is -2.10. The fourth-order valence-corrected chi connectivity index (χ4v) is 3.33. The molecule has 1 aliphatic rings. The lowest BCUT2D eigenvalue weighted by atomic mass is 10.1. The van der Waals surface area contributed by atoms with Crippen molar-refractivity contribution >= 4 is 28.3 Å². The Morgan fingerprint density at radius 2 is 2.26 bits per heavy atom. The van der Waals surface area contributed by atoms with Gasteiger partial charge in [0.05, 0.1) is 6.61 Å². The number of hydrogen-bond donors (Lipinski definition) is 1. The molecule has 0 radical (unpaired) electrons. The number of hydrogen-bond acceptors (Lipinski definition) is 5. The van der Waals surface area contributed by atoms with E-state index in [-0.39, 0.29) is 0 Å². The molecule has 0 saturated heterocycles. The van der Waals surface area contributed by atoms with E-state index in [4.69, 9.17) is 10.5 Å². The molecule has 1 aromatic rings. The Bertz CT molecular complexity index is 466. The van der Waals surface area contributed by atoms with Crippen LogP contribution in [0, 0.1) is 6.92 Å². The molecule has 1 aromatic heterocycles. The van der Waals surface area contributed by atoms with Crippen molar-refractivity contribution in [3.63, 3.8) is 0 Å². The number of nitrogens with zero attached hydrogens (tertiary/aromatic N) is 1. The van der Waals surface area contributed by atoms with Gasteiger partial charge in [-0.05, 0) is 43.9 Å². The molecular formula is C14H20N2OS2. The summed E-state index contributed by atoms with van der Waals surface area (Å²) in [6, 6.07) is 4.29. The first-order valence-corrected chi connectivity index (χ1v) is 8.31. The zero-order chi connectivity index (χ0) is 13.5. The second-order valence-corrected chi connectivity index (χ2v) is 6.93. The van der Waals surface area contributed by atoms with Crippen LogP contribution in [0.1, 0.15) is 29.0 Å². The minimum Gasteiger partial charge on any atom is -0.378 e. The number of aliphatic imine (C=N–C) groups is 1. The van der Waals surface area contributed by atoms with E-state index in [0.717, 1.165) is 38.2 Å². The quantitative estimate of drug-likeness (QED) is 0.781. The molecule has 1 aliphatic heterocycles. The molecule has 0 amide bonds. The summed E-state index contributed by atoms with van der Waals surface area (Å²) in [4.78, 5) is 6.79. The maximum absolute atomic E-state index is 5.68. The minimum atomic E-state index is 0.679. The van der Waals surface area contributed by atoms with Gasteiger partial charge in [0.15, 0.2) is 5.17 Å². The van der Waals surface area contributed by atoms with Gasteiger partial charge in [-0.2, -0.15) is 0 Å². The molecule has 19 heavy (non-hydrogen) atoms. The van der Waals surface area contributed by atoms with Gasteiger partial charge in [0.1, 0.15) is 0 Å². The predicted octanol–water partition coefficient (Wildman–Crippen LogP) is 3.69. The molecule has 0 saturated carbocycles. The average Bonchev–Trinajstić information content (AvgIpc) is 2.81. The number of amidine groups is 1. The highest BCUT2D eigenvalue weighted by Gasteiger charge is 2.05. The van der Waals surface area contributed by atoms with Crippen LogP contribution in [0.4, 0.5) is 0 Å². The van der Waals surface area contributed by atoms with Crippen LogP contribution in [0.5, 0.6) is 0 Å². The maximum Gasteiger partial charge on any atom is 0.158 e. The molecule has 0 fully saturated rings. The van der Waals surface area contributed by atoms with Crippen LogP contribution < -0.4 is 5.73 Å². The van der Waals surface area contributed by atoms with Crippen molar-refractivity contribution in [3.05, 3.63) is 33.7 Å². The molecular weight excluding hydrogens is 276 g/mol. The van der Waals surface area contributed by atoms with Gasteiger partial charge in [0, 0.05) is 28.3 Å². The fourth-order valence-electron chi connectivity index (χ4n) is 1.82. The van der Waals surface area contributed by atoms with Crippen molar-refractivity contribution in [2.75, 3.05) is 12.4 Å². The Balaban J connectivity index is 1.53. The second kappa shape index (κ2) is 7.72. The molecule has 0 atom stereocenters. The molecule has 2 rings (SSSR count). The standard InChI is InChI=1S/C14H20N2OS2/c1-11-5-6-13(19-11)9-17-7-3-2-4-12-8-16-14(15)18-10-12/h5-6,8H,2-4,7,9-10H2,1H3,(H2,15,16). The van der Waals surface area contributed by atoms with Crippen molar-refractivity contribution in [3.8, 4) is 0 Å². The fraction of sp³-hybridized carbons (Fsp3) is 0.500. The van der Waals surface area contributed by atoms with Gasteiger partial charge in [-0.1, -0.05) is 11.8 Å². The summed E-state index contributed by atoms with van der Waals surface area (Å²) >= 11 is 3.43. The molecule has 2 heterocycles. The van der Waals surface area contributed by atoms with Gasteiger partial charge in [-0.25, -0.2) is 4.99 Å². The van der Waals surface area contributed by atoms with Gasteiger partial charge in [0.2, 0.25) is 0 Å². The summed E-state index contributed by atoms with van der Waals surface area (Å²) in [5.41, 5.74) is 6.98. The summed E-state index contributed by atoms with van der Waals surface area (Å²) in [7, 11) is 0. The van der Waals surface area contributed by atoms with Gasteiger partial charge in [-0.15, -0.1) is 11.3 Å². The van der Waals surface area contributed by atoms with Crippen LogP contribution in [0.25, 0.3) is 0 Å². The summed E-state index contributed by atoms with van der Waals surface area (Å²) in [5.74, 6) is 0.991. The van der Waals surface area contributed by atoms with Gasteiger partial charge >= 0.3 is 0 Å². The van der Waals surface area contributed by atoms with Crippen LogP contribution in [0.15, 0.2) is 28.9 Å². The van der Waals surface area contributed by atoms with E-state index in [1.807, 2.05) is 17.5 Å². The molecule has 3 nitrogen and oxygen atoms in total. The van der Waals surface area contributed by atoms with Crippen LogP contribution in [0.3, 0.4) is 0 Å². The third kappa shape index (κ3) is 5.38. The SMILES string of the molecule is Cc1ccc(COCCCCC2=CN=C(N)SC2)s1. The lowest BCUT2D eigenvalue weighted by molar-refractivity contribution is 0.119. The number of unbranched alkanes of at least 4 members (excludes halogenated alkanes) is 1. The zero-order valence-corrected chi connectivity index (χ0v) is 12.9. The Morgan fingerprint density at radius 3 is 2.95 bits per heavy atom. The number of nitrogens with two attached hydrogens (primary N) is 1. The topological polar surface area (TPSA) is 47.6 Å². The lowest BCUT2D eigenvalue weighted by Crippen LogP contribution is -2.10. The van der Waals surface area contributed by atoms with Gasteiger partial charge in [0.25, 0.3) is 0 Å². The number of thiophene rings is 1. The summed E-state index contributed by atoms with van der Waals surface area (Å²) in [6.07, 6.45) is 5.28. The Morgan fingerprint density at radius 1 is 1.37 bits per heavy atom. The first kappa shape index (κ1) is 14.6. The second-order valence-electron chi connectivity index (χ2n) is 4.57. The third-order valence-electron chi connectivity index (χ3n) is 2.86. The van der Waals surface area contributed by atoms with Gasteiger partial charge < -0.3 is 10.5 Å². The number of thioether (sulfide) groups is 1. The monoisotopic (exact) mass is 296 g/mol.